The van der Waals surface area contributed by atoms with Crippen molar-refractivity contribution in [1.82, 2.24) is 15.1 Å². The largest absolute Gasteiger partial charge is 0.335 e. The Bertz CT molecular complexity index is 1190. The molecule has 226 valence electrons. The van der Waals surface area contributed by atoms with E-state index in [1.54, 1.807) is 29.2 Å². The molecular weight excluding hydrogens is 606 g/mol. The van der Waals surface area contributed by atoms with E-state index >= 15 is 0 Å². The minimum absolute atomic E-state index is 0.151. The van der Waals surface area contributed by atoms with Crippen LogP contribution in [0.1, 0.15) is 37.3 Å². The number of carbonyl (C=O) groups is 2. The molecule has 0 aromatic heterocycles. The van der Waals surface area contributed by atoms with Gasteiger partial charge in [0.05, 0.1) is 32.2 Å². The predicted octanol–water partition coefficient (Wildman–Crippen LogP) is 3.89. The van der Waals surface area contributed by atoms with Crippen molar-refractivity contribution in [1.29, 1.82) is 0 Å². The molecule has 2 aromatic rings. The Morgan fingerprint density at radius 1 is 0.829 bits per heavy atom. The van der Waals surface area contributed by atoms with Crippen molar-refractivity contribution in [3.63, 3.8) is 0 Å². The lowest BCUT2D eigenvalue weighted by atomic mass is 9.97. The van der Waals surface area contributed by atoms with E-state index in [1.165, 1.54) is 0 Å². The monoisotopic (exact) mass is 644 g/mol. The second-order valence-electron chi connectivity index (χ2n) is 10.6. The molecule has 3 rings (SSSR count). The highest BCUT2D eigenvalue weighted by atomic mass is 35.5. The van der Waals surface area contributed by atoms with E-state index in [-0.39, 0.29) is 23.9 Å². The second kappa shape index (κ2) is 16.3. The summed E-state index contributed by atoms with van der Waals surface area (Å²) in [5, 5.41) is 5.03. The number of benzene rings is 2. The zero-order valence-corrected chi connectivity index (χ0v) is 26.3. The SMILES string of the molecule is C[C@@H]1CN(C(=O)[C@H](N)Cc2ccc(Cl)c(Cl)c2)[C@@H](CCCCNCCN)CN1C(=O)[C@H](N)Cc1ccc(Cl)c(Cl)c1. The van der Waals surface area contributed by atoms with Crippen LogP contribution in [0.25, 0.3) is 0 Å². The average molecular weight is 646 g/mol. The molecule has 0 saturated carbocycles. The number of rotatable bonds is 13. The Morgan fingerprint density at radius 3 is 1.88 bits per heavy atom. The summed E-state index contributed by atoms with van der Waals surface area (Å²) < 4.78 is 0. The first-order valence-electron chi connectivity index (χ1n) is 13.9. The molecule has 1 saturated heterocycles. The molecule has 1 aliphatic rings. The van der Waals surface area contributed by atoms with Crippen molar-refractivity contribution in [2.45, 2.75) is 63.2 Å². The van der Waals surface area contributed by atoms with Crippen molar-refractivity contribution in [3.05, 3.63) is 67.6 Å². The number of nitrogens with two attached hydrogens (primary N) is 3. The zero-order chi connectivity index (χ0) is 30.1. The van der Waals surface area contributed by atoms with Gasteiger partial charge in [0, 0.05) is 38.3 Å². The molecule has 0 bridgehead atoms. The first kappa shape index (κ1) is 33.9. The molecule has 1 heterocycles. The Labute approximate surface area is 262 Å². The summed E-state index contributed by atoms with van der Waals surface area (Å²) in [5.74, 6) is -0.313. The molecule has 41 heavy (non-hydrogen) atoms. The van der Waals surface area contributed by atoms with Crippen LogP contribution in [0.4, 0.5) is 0 Å². The van der Waals surface area contributed by atoms with Crippen LogP contribution < -0.4 is 22.5 Å². The molecule has 0 radical (unpaired) electrons. The van der Waals surface area contributed by atoms with Crippen molar-refractivity contribution in [2.24, 2.45) is 17.2 Å². The maximum Gasteiger partial charge on any atom is 0.240 e. The van der Waals surface area contributed by atoms with E-state index in [1.807, 2.05) is 24.0 Å². The van der Waals surface area contributed by atoms with Crippen molar-refractivity contribution in [3.8, 4) is 0 Å². The molecule has 0 spiro atoms. The molecule has 8 nitrogen and oxygen atoms in total. The summed E-state index contributed by atoms with van der Waals surface area (Å²) in [4.78, 5) is 30.8. The Hall–Kier alpha value is -1.62. The minimum atomic E-state index is -0.757. The fraction of sp³-hybridized carbons (Fsp3) is 0.517. The molecule has 1 fully saturated rings. The van der Waals surface area contributed by atoms with E-state index in [9.17, 15) is 9.59 Å². The van der Waals surface area contributed by atoms with Crippen LogP contribution in [0.2, 0.25) is 20.1 Å². The molecule has 7 N–H and O–H groups in total. The summed E-state index contributed by atoms with van der Waals surface area (Å²) in [7, 11) is 0. The van der Waals surface area contributed by atoms with Gasteiger partial charge in [-0.3, -0.25) is 9.59 Å². The lowest BCUT2D eigenvalue weighted by molar-refractivity contribution is -0.148. The van der Waals surface area contributed by atoms with E-state index < -0.39 is 12.1 Å². The number of nitrogens with zero attached hydrogens (tertiary/aromatic N) is 2. The van der Waals surface area contributed by atoms with Crippen LogP contribution in [0.15, 0.2) is 36.4 Å². The maximum atomic E-state index is 13.7. The number of amides is 2. The normalized spacial score (nSPS) is 18.8. The van der Waals surface area contributed by atoms with Crippen molar-refractivity contribution >= 4 is 58.2 Å². The van der Waals surface area contributed by atoms with Gasteiger partial charge in [-0.1, -0.05) is 65.0 Å². The summed E-state index contributed by atoms with van der Waals surface area (Å²) >= 11 is 24.4. The van der Waals surface area contributed by atoms with E-state index in [2.05, 4.69) is 5.32 Å². The molecule has 4 atom stereocenters. The number of nitrogens with one attached hydrogen (secondary N) is 1. The van der Waals surface area contributed by atoms with Gasteiger partial charge in [-0.15, -0.1) is 0 Å². The van der Waals surface area contributed by atoms with Gasteiger partial charge in [0.25, 0.3) is 0 Å². The lowest BCUT2D eigenvalue weighted by Crippen LogP contribution is -2.64. The van der Waals surface area contributed by atoms with Gasteiger partial charge in [-0.25, -0.2) is 0 Å². The third-order valence-electron chi connectivity index (χ3n) is 7.38. The van der Waals surface area contributed by atoms with Gasteiger partial charge in [-0.2, -0.15) is 0 Å². The molecule has 0 unspecified atom stereocenters. The van der Waals surface area contributed by atoms with Crippen LogP contribution in [-0.4, -0.2) is 78.5 Å². The van der Waals surface area contributed by atoms with Crippen LogP contribution >= 0.6 is 46.4 Å². The van der Waals surface area contributed by atoms with E-state index in [0.29, 0.717) is 52.6 Å². The smallest absolute Gasteiger partial charge is 0.240 e. The van der Waals surface area contributed by atoms with Gasteiger partial charge >= 0.3 is 0 Å². The first-order chi connectivity index (χ1) is 19.5. The Kier molecular flexibility index (Phi) is 13.5. The summed E-state index contributed by atoms with van der Waals surface area (Å²) in [5.41, 5.74) is 20.0. The zero-order valence-electron chi connectivity index (χ0n) is 23.3. The second-order valence-corrected chi connectivity index (χ2v) is 12.3. The fourth-order valence-corrected chi connectivity index (χ4v) is 5.80. The number of hydrogen-bond donors (Lipinski definition) is 4. The topological polar surface area (TPSA) is 131 Å². The molecular formula is C29H40Cl4N6O2. The first-order valence-corrected chi connectivity index (χ1v) is 15.4. The fourth-order valence-electron chi connectivity index (χ4n) is 5.16. The highest BCUT2D eigenvalue weighted by Crippen LogP contribution is 2.26. The number of hydrogen-bond acceptors (Lipinski definition) is 6. The molecule has 0 aliphatic carbocycles. The highest BCUT2D eigenvalue weighted by molar-refractivity contribution is 6.42. The van der Waals surface area contributed by atoms with Crippen LogP contribution in [0, 0.1) is 0 Å². The van der Waals surface area contributed by atoms with Crippen LogP contribution in [-0.2, 0) is 22.4 Å². The number of piperazine rings is 1. The minimum Gasteiger partial charge on any atom is -0.335 e. The molecule has 1 aliphatic heterocycles. The maximum absolute atomic E-state index is 13.7. The van der Waals surface area contributed by atoms with Gasteiger partial charge < -0.3 is 32.3 Å². The number of halogens is 4. The Morgan fingerprint density at radius 2 is 1.37 bits per heavy atom. The average Bonchev–Trinajstić information content (AvgIpc) is 2.94. The third kappa shape index (κ3) is 9.70. The van der Waals surface area contributed by atoms with Crippen LogP contribution in [0.5, 0.6) is 0 Å². The van der Waals surface area contributed by atoms with Crippen molar-refractivity contribution < 1.29 is 9.59 Å². The highest BCUT2D eigenvalue weighted by Gasteiger charge is 2.39. The van der Waals surface area contributed by atoms with Gasteiger partial charge in [0.1, 0.15) is 0 Å². The van der Waals surface area contributed by atoms with Gasteiger partial charge in [0.2, 0.25) is 11.8 Å². The summed E-state index contributed by atoms with van der Waals surface area (Å²) in [6.07, 6.45) is 3.18. The quantitative estimate of drug-likeness (QED) is 0.245. The standard InChI is InChI=1S/C29H40Cl4N6O2/c1-18-16-39(29(41)27(36)15-20-6-8-23(31)25(33)13-20)21(4-2-3-10-37-11-9-34)17-38(18)28(40)26(35)14-19-5-7-22(30)24(32)12-19/h5-8,12-13,18,21,26-27,37H,2-4,9-11,14-17,34-36H2,1H3/t18-,21+,26-,27-/m1/s1. The predicted molar refractivity (Wildman–Crippen MR) is 169 cm³/mol. The summed E-state index contributed by atoms with van der Waals surface area (Å²) in [6.45, 7) is 4.86. The molecule has 2 aromatic carbocycles. The van der Waals surface area contributed by atoms with Gasteiger partial charge in [-0.05, 0) is 74.5 Å². The van der Waals surface area contributed by atoms with Gasteiger partial charge in [0.15, 0.2) is 0 Å². The number of unbranched alkanes of at least 4 members (excludes halogenated alkanes) is 1. The molecule has 12 heteroatoms. The van der Waals surface area contributed by atoms with E-state index in [4.69, 9.17) is 63.6 Å². The number of carbonyl (C=O) groups excluding carboxylic acids is 2. The Balaban J connectivity index is 1.71. The lowest BCUT2D eigenvalue weighted by Gasteiger charge is -2.47. The van der Waals surface area contributed by atoms with E-state index in [0.717, 1.165) is 43.5 Å². The van der Waals surface area contributed by atoms with Crippen molar-refractivity contribution in [2.75, 3.05) is 32.7 Å². The summed E-state index contributed by atoms with van der Waals surface area (Å²) in [6, 6.07) is 8.57. The third-order valence-corrected chi connectivity index (χ3v) is 8.86. The van der Waals surface area contributed by atoms with Crippen LogP contribution in [0.3, 0.4) is 0 Å². The molecule has 2 amide bonds.